The van der Waals surface area contributed by atoms with Gasteiger partial charge in [-0.05, 0) is 30.3 Å². The van der Waals surface area contributed by atoms with Gasteiger partial charge in [-0.2, -0.15) is 0 Å². The second kappa shape index (κ2) is 7.50. The molecule has 0 spiro atoms. The fraction of sp³-hybridized carbons (Fsp3) is 0.130. The number of amides is 2. The minimum atomic E-state index is -0.362. The maximum atomic E-state index is 13.0. The number of halogens is 1. The van der Waals surface area contributed by atoms with E-state index in [2.05, 4.69) is 21.2 Å². The molecule has 0 saturated heterocycles. The third kappa shape index (κ3) is 3.31. The molecule has 30 heavy (non-hydrogen) atoms. The van der Waals surface area contributed by atoms with Crippen molar-refractivity contribution in [1.82, 2.24) is 5.32 Å². The molecule has 0 fully saturated rings. The van der Waals surface area contributed by atoms with Crippen molar-refractivity contribution in [3.05, 3.63) is 82.3 Å². The fourth-order valence-electron chi connectivity index (χ4n) is 3.77. The second-order valence-electron chi connectivity index (χ2n) is 7.06. The van der Waals surface area contributed by atoms with E-state index in [0.717, 1.165) is 15.6 Å². The van der Waals surface area contributed by atoms with Crippen molar-refractivity contribution in [2.75, 3.05) is 18.1 Å². The molecule has 2 amide bonds. The average molecular weight is 465 g/mol. The summed E-state index contributed by atoms with van der Waals surface area (Å²) in [6, 6.07) is 20.3. The summed E-state index contributed by atoms with van der Waals surface area (Å²) in [6.45, 7) is -0.196. The predicted molar refractivity (Wildman–Crippen MR) is 115 cm³/mol. The highest BCUT2D eigenvalue weighted by atomic mass is 79.9. The normalized spacial score (nSPS) is 14.7. The van der Waals surface area contributed by atoms with Crippen molar-refractivity contribution >= 4 is 33.4 Å². The van der Waals surface area contributed by atoms with Gasteiger partial charge < -0.3 is 14.8 Å². The zero-order chi connectivity index (χ0) is 20.7. The monoisotopic (exact) mass is 464 g/mol. The van der Waals surface area contributed by atoms with Gasteiger partial charge in [-0.25, -0.2) is 0 Å². The van der Waals surface area contributed by atoms with E-state index >= 15 is 0 Å². The molecule has 0 aliphatic carbocycles. The summed E-state index contributed by atoms with van der Waals surface area (Å²) in [7, 11) is 0. The van der Waals surface area contributed by atoms with Gasteiger partial charge in [0.2, 0.25) is 5.91 Å². The van der Waals surface area contributed by atoms with E-state index in [-0.39, 0.29) is 31.0 Å². The van der Waals surface area contributed by atoms with Crippen molar-refractivity contribution in [1.29, 1.82) is 0 Å². The van der Waals surface area contributed by atoms with Gasteiger partial charge in [-0.3, -0.25) is 14.5 Å². The van der Waals surface area contributed by atoms with Crippen LogP contribution in [0, 0.1) is 0 Å². The number of ether oxygens (including phenoxy) is 2. The maximum Gasteiger partial charge on any atom is 0.265 e. The Labute approximate surface area is 181 Å². The minimum absolute atomic E-state index is 0.0976. The number of anilines is 1. The molecular weight excluding hydrogens is 448 g/mol. The maximum absolute atomic E-state index is 13.0. The fourth-order valence-corrected chi connectivity index (χ4v) is 4.11. The highest BCUT2D eigenvalue weighted by Crippen LogP contribution is 2.42. The van der Waals surface area contributed by atoms with Gasteiger partial charge in [0.1, 0.15) is 23.8 Å². The Kier molecular flexibility index (Phi) is 4.67. The first-order valence-electron chi connectivity index (χ1n) is 9.48. The molecule has 5 rings (SSSR count). The lowest BCUT2D eigenvalue weighted by Gasteiger charge is -2.31. The summed E-state index contributed by atoms with van der Waals surface area (Å²) in [5.41, 5.74) is 2.33. The van der Waals surface area contributed by atoms with Gasteiger partial charge in [0.05, 0.1) is 11.7 Å². The van der Waals surface area contributed by atoms with E-state index in [1.165, 1.54) is 4.90 Å². The van der Waals surface area contributed by atoms with E-state index in [1.54, 1.807) is 12.1 Å². The van der Waals surface area contributed by atoms with Gasteiger partial charge in [-0.1, -0.05) is 52.3 Å². The Hall–Kier alpha value is -3.32. The standard InChI is InChI=1S/C23H17BrN2O4/c24-14-9-10-17-20(11-14)29-13-22(28)26(17)12-21(27)25-23-15-5-1-3-7-18(15)30-19-8-4-2-6-16(19)23/h1-11,23H,12-13H2,(H,25,27). The first-order chi connectivity index (χ1) is 14.6. The minimum Gasteiger partial charge on any atom is -0.482 e. The average Bonchev–Trinajstić information content (AvgIpc) is 2.75. The van der Waals surface area contributed by atoms with Crippen LogP contribution in [0.1, 0.15) is 17.2 Å². The zero-order valence-electron chi connectivity index (χ0n) is 15.8. The van der Waals surface area contributed by atoms with Crippen LogP contribution in [0.4, 0.5) is 5.69 Å². The molecule has 2 aliphatic rings. The molecule has 0 unspecified atom stereocenters. The number of hydrogen-bond acceptors (Lipinski definition) is 4. The Bertz CT molecular complexity index is 1120. The van der Waals surface area contributed by atoms with E-state index in [4.69, 9.17) is 9.47 Å². The molecule has 0 aromatic heterocycles. The molecule has 3 aromatic rings. The molecule has 7 heteroatoms. The van der Waals surface area contributed by atoms with Crippen LogP contribution >= 0.6 is 15.9 Å². The number of para-hydroxylation sites is 2. The molecule has 150 valence electrons. The van der Waals surface area contributed by atoms with Crippen LogP contribution in [0.15, 0.2) is 71.2 Å². The van der Waals surface area contributed by atoms with Crippen molar-refractivity contribution in [3.8, 4) is 17.2 Å². The molecule has 0 radical (unpaired) electrons. The molecule has 0 saturated carbocycles. The molecule has 1 N–H and O–H groups in total. The van der Waals surface area contributed by atoms with Crippen LogP contribution in [0.25, 0.3) is 0 Å². The highest BCUT2D eigenvalue weighted by molar-refractivity contribution is 9.10. The van der Waals surface area contributed by atoms with Crippen LogP contribution < -0.4 is 19.7 Å². The Morgan fingerprint density at radius 3 is 2.37 bits per heavy atom. The van der Waals surface area contributed by atoms with E-state index in [1.807, 2.05) is 54.6 Å². The first kappa shape index (κ1) is 18.7. The van der Waals surface area contributed by atoms with Crippen molar-refractivity contribution < 1.29 is 19.1 Å². The van der Waals surface area contributed by atoms with Gasteiger partial charge in [0.25, 0.3) is 5.91 Å². The molecule has 0 bridgehead atoms. The van der Waals surface area contributed by atoms with E-state index in [0.29, 0.717) is 22.9 Å². The van der Waals surface area contributed by atoms with Crippen molar-refractivity contribution in [3.63, 3.8) is 0 Å². The number of hydrogen-bond donors (Lipinski definition) is 1. The van der Waals surface area contributed by atoms with Crippen LogP contribution in [-0.4, -0.2) is 25.0 Å². The lowest BCUT2D eigenvalue weighted by atomic mass is 9.94. The summed E-state index contributed by atoms with van der Waals surface area (Å²) in [6.07, 6.45) is 0. The largest absolute Gasteiger partial charge is 0.482 e. The third-order valence-electron chi connectivity index (χ3n) is 5.15. The number of fused-ring (bicyclic) bond motifs is 3. The van der Waals surface area contributed by atoms with Crippen molar-refractivity contribution in [2.24, 2.45) is 0 Å². The molecular formula is C23H17BrN2O4. The van der Waals surface area contributed by atoms with Crippen LogP contribution in [0.5, 0.6) is 17.2 Å². The number of benzene rings is 3. The summed E-state index contributed by atoms with van der Waals surface area (Å²) >= 11 is 3.40. The van der Waals surface area contributed by atoms with Crippen molar-refractivity contribution in [2.45, 2.75) is 6.04 Å². The second-order valence-corrected chi connectivity index (χ2v) is 7.97. The summed E-state index contributed by atoms with van der Waals surface area (Å²) in [4.78, 5) is 26.9. The molecule has 3 aromatic carbocycles. The molecule has 2 aliphatic heterocycles. The number of nitrogens with zero attached hydrogens (tertiary/aromatic N) is 1. The summed E-state index contributed by atoms with van der Waals surface area (Å²) in [5, 5.41) is 3.08. The predicted octanol–water partition coefficient (Wildman–Crippen LogP) is 4.19. The van der Waals surface area contributed by atoms with Gasteiger partial charge in [-0.15, -0.1) is 0 Å². The lowest BCUT2D eigenvalue weighted by molar-refractivity contribution is -0.125. The topological polar surface area (TPSA) is 67.9 Å². The number of rotatable bonds is 3. The molecule has 2 heterocycles. The number of carbonyl (C=O) groups excluding carboxylic acids is 2. The molecule has 0 atom stereocenters. The quantitative estimate of drug-likeness (QED) is 0.630. The SMILES string of the molecule is O=C(CN1C(=O)COc2cc(Br)ccc21)NC1c2ccccc2Oc2ccccc21. The Balaban J connectivity index is 1.43. The van der Waals surface area contributed by atoms with Gasteiger partial charge >= 0.3 is 0 Å². The van der Waals surface area contributed by atoms with E-state index in [9.17, 15) is 9.59 Å². The van der Waals surface area contributed by atoms with E-state index < -0.39 is 0 Å². The van der Waals surface area contributed by atoms with Gasteiger partial charge in [0, 0.05) is 15.6 Å². The number of nitrogens with one attached hydrogen (secondary N) is 1. The summed E-state index contributed by atoms with van der Waals surface area (Å²) < 4.78 is 12.3. The first-order valence-corrected chi connectivity index (χ1v) is 10.3. The number of carbonyl (C=O) groups is 2. The van der Waals surface area contributed by atoms with Crippen LogP contribution in [0.2, 0.25) is 0 Å². The smallest absolute Gasteiger partial charge is 0.265 e. The Morgan fingerprint density at radius 1 is 1.00 bits per heavy atom. The highest BCUT2D eigenvalue weighted by Gasteiger charge is 2.31. The van der Waals surface area contributed by atoms with Crippen LogP contribution in [-0.2, 0) is 9.59 Å². The lowest BCUT2D eigenvalue weighted by Crippen LogP contribution is -2.46. The third-order valence-corrected chi connectivity index (χ3v) is 5.65. The zero-order valence-corrected chi connectivity index (χ0v) is 17.4. The van der Waals surface area contributed by atoms with Crippen LogP contribution in [0.3, 0.4) is 0 Å². The summed E-state index contributed by atoms with van der Waals surface area (Å²) in [5.74, 6) is 1.46. The molecule has 6 nitrogen and oxygen atoms in total. The Morgan fingerprint density at radius 2 is 1.67 bits per heavy atom. The van der Waals surface area contributed by atoms with Gasteiger partial charge in [0.15, 0.2) is 6.61 Å².